The van der Waals surface area contributed by atoms with Crippen LogP contribution < -0.4 is 0 Å². The third-order valence-electron chi connectivity index (χ3n) is 2.16. The second-order valence-corrected chi connectivity index (χ2v) is 3.00. The highest BCUT2D eigenvalue weighted by Crippen LogP contribution is 2.32. The first-order valence-electron chi connectivity index (χ1n) is 3.85. The number of carbonyl (C=O) groups excluding carboxylic acids is 1. The van der Waals surface area contributed by atoms with E-state index in [1.165, 1.54) is 0 Å². The SMILES string of the molecule is CC1=C2OC(=O)OC2CCC1. The first-order valence-corrected chi connectivity index (χ1v) is 3.85. The van der Waals surface area contributed by atoms with E-state index in [-0.39, 0.29) is 6.10 Å². The fraction of sp³-hybridized carbons (Fsp3) is 0.625. The molecule has 2 aliphatic rings. The van der Waals surface area contributed by atoms with E-state index in [0.717, 1.165) is 30.6 Å². The quantitative estimate of drug-likeness (QED) is 0.500. The van der Waals surface area contributed by atoms with Gasteiger partial charge in [0, 0.05) is 0 Å². The molecule has 1 fully saturated rings. The predicted octanol–water partition coefficient (Wildman–Crippen LogP) is 1.98. The third-order valence-corrected chi connectivity index (χ3v) is 2.16. The van der Waals surface area contributed by atoms with Crippen LogP contribution in [0.5, 0.6) is 0 Å². The summed E-state index contributed by atoms with van der Waals surface area (Å²) in [7, 11) is 0. The molecule has 0 radical (unpaired) electrons. The molecular weight excluding hydrogens is 144 g/mol. The largest absolute Gasteiger partial charge is 0.514 e. The van der Waals surface area contributed by atoms with Gasteiger partial charge in [-0.15, -0.1) is 0 Å². The molecule has 0 amide bonds. The fourth-order valence-electron chi connectivity index (χ4n) is 1.58. The van der Waals surface area contributed by atoms with Crippen molar-refractivity contribution in [3.63, 3.8) is 0 Å². The topological polar surface area (TPSA) is 35.5 Å². The Bertz CT molecular complexity index is 229. The molecule has 1 atom stereocenters. The van der Waals surface area contributed by atoms with Gasteiger partial charge in [0.05, 0.1) is 0 Å². The molecule has 0 saturated carbocycles. The zero-order valence-corrected chi connectivity index (χ0v) is 6.42. The van der Waals surface area contributed by atoms with Gasteiger partial charge in [-0.3, -0.25) is 0 Å². The monoisotopic (exact) mass is 154 g/mol. The van der Waals surface area contributed by atoms with Crippen molar-refractivity contribution in [1.82, 2.24) is 0 Å². The van der Waals surface area contributed by atoms with E-state index in [1.54, 1.807) is 0 Å². The van der Waals surface area contributed by atoms with E-state index < -0.39 is 6.16 Å². The normalized spacial score (nSPS) is 29.5. The number of hydrogen-bond acceptors (Lipinski definition) is 3. The second kappa shape index (κ2) is 2.26. The highest BCUT2D eigenvalue weighted by atomic mass is 16.8. The summed E-state index contributed by atoms with van der Waals surface area (Å²) in [5.41, 5.74) is 1.16. The number of allylic oxidation sites excluding steroid dienone is 1. The van der Waals surface area contributed by atoms with Crippen molar-refractivity contribution in [3.8, 4) is 0 Å². The van der Waals surface area contributed by atoms with Crippen LogP contribution in [0.2, 0.25) is 0 Å². The molecule has 0 aromatic rings. The van der Waals surface area contributed by atoms with Crippen molar-refractivity contribution in [3.05, 3.63) is 11.3 Å². The first kappa shape index (κ1) is 6.70. The minimum absolute atomic E-state index is 0.0729. The van der Waals surface area contributed by atoms with E-state index in [4.69, 9.17) is 9.47 Å². The maximum absolute atomic E-state index is 10.7. The first-order chi connectivity index (χ1) is 5.27. The van der Waals surface area contributed by atoms with E-state index in [9.17, 15) is 4.79 Å². The van der Waals surface area contributed by atoms with E-state index >= 15 is 0 Å². The van der Waals surface area contributed by atoms with Crippen LogP contribution in [-0.2, 0) is 9.47 Å². The number of hydrogen-bond donors (Lipinski definition) is 0. The molecule has 1 heterocycles. The van der Waals surface area contributed by atoms with Gasteiger partial charge in [-0.1, -0.05) is 0 Å². The molecule has 1 aliphatic heterocycles. The van der Waals surface area contributed by atoms with Crippen LogP contribution in [-0.4, -0.2) is 12.3 Å². The van der Waals surface area contributed by atoms with E-state index in [0.29, 0.717) is 0 Å². The molecule has 3 heteroatoms. The summed E-state index contributed by atoms with van der Waals surface area (Å²) in [6.45, 7) is 1.99. The summed E-state index contributed by atoms with van der Waals surface area (Å²) in [4.78, 5) is 10.7. The lowest BCUT2D eigenvalue weighted by molar-refractivity contribution is 0.116. The van der Waals surface area contributed by atoms with Crippen LogP contribution >= 0.6 is 0 Å². The molecule has 3 nitrogen and oxygen atoms in total. The molecule has 0 aromatic carbocycles. The van der Waals surface area contributed by atoms with Gasteiger partial charge in [0.1, 0.15) is 0 Å². The summed E-state index contributed by atoms with van der Waals surface area (Å²) < 4.78 is 9.81. The van der Waals surface area contributed by atoms with Crippen LogP contribution in [0.15, 0.2) is 11.3 Å². The lowest BCUT2D eigenvalue weighted by Gasteiger charge is -2.15. The zero-order valence-electron chi connectivity index (χ0n) is 6.42. The van der Waals surface area contributed by atoms with Gasteiger partial charge in [-0.25, -0.2) is 4.79 Å². The second-order valence-electron chi connectivity index (χ2n) is 3.00. The van der Waals surface area contributed by atoms with Crippen molar-refractivity contribution in [2.75, 3.05) is 0 Å². The molecule has 2 rings (SSSR count). The van der Waals surface area contributed by atoms with Crippen LogP contribution in [0.3, 0.4) is 0 Å². The van der Waals surface area contributed by atoms with Crippen molar-refractivity contribution in [2.24, 2.45) is 0 Å². The van der Waals surface area contributed by atoms with Gasteiger partial charge >= 0.3 is 6.16 Å². The molecule has 0 N–H and O–H groups in total. The summed E-state index contributed by atoms with van der Waals surface area (Å²) >= 11 is 0. The maximum Gasteiger partial charge on any atom is 0.514 e. The lowest BCUT2D eigenvalue weighted by atomic mass is 9.97. The predicted molar refractivity (Wildman–Crippen MR) is 37.9 cm³/mol. The number of rotatable bonds is 0. The molecule has 60 valence electrons. The number of carbonyl (C=O) groups is 1. The highest BCUT2D eigenvalue weighted by Gasteiger charge is 2.34. The van der Waals surface area contributed by atoms with Crippen LogP contribution in [0.25, 0.3) is 0 Å². The Morgan fingerprint density at radius 2 is 2.36 bits per heavy atom. The molecule has 0 aromatic heterocycles. The van der Waals surface area contributed by atoms with Crippen molar-refractivity contribution in [2.45, 2.75) is 32.3 Å². The summed E-state index contributed by atoms with van der Waals surface area (Å²) in [6.07, 6.45) is 2.43. The van der Waals surface area contributed by atoms with Gasteiger partial charge in [-0.05, 0) is 31.8 Å². The van der Waals surface area contributed by atoms with Gasteiger partial charge in [0.15, 0.2) is 11.9 Å². The Balaban J connectivity index is 2.29. The minimum Gasteiger partial charge on any atom is -0.422 e. The molecule has 1 saturated heterocycles. The van der Waals surface area contributed by atoms with Crippen molar-refractivity contribution in [1.29, 1.82) is 0 Å². The fourth-order valence-corrected chi connectivity index (χ4v) is 1.58. The van der Waals surface area contributed by atoms with Gasteiger partial charge < -0.3 is 9.47 Å². The molecule has 1 unspecified atom stereocenters. The van der Waals surface area contributed by atoms with Crippen LogP contribution in [0, 0.1) is 0 Å². The number of fused-ring (bicyclic) bond motifs is 1. The lowest BCUT2D eigenvalue weighted by Crippen LogP contribution is -2.13. The average Bonchev–Trinajstić information content (AvgIpc) is 2.31. The Morgan fingerprint density at radius 1 is 1.55 bits per heavy atom. The number of ether oxygens (including phenoxy) is 2. The molecule has 0 bridgehead atoms. The Morgan fingerprint density at radius 3 is 3.09 bits per heavy atom. The molecule has 11 heavy (non-hydrogen) atoms. The Labute approximate surface area is 65.0 Å². The van der Waals surface area contributed by atoms with Gasteiger partial charge in [0.2, 0.25) is 0 Å². The molecule has 0 spiro atoms. The van der Waals surface area contributed by atoms with E-state index in [1.807, 2.05) is 6.92 Å². The van der Waals surface area contributed by atoms with Gasteiger partial charge in [0.25, 0.3) is 0 Å². The van der Waals surface area contributed by atoms with E-state index in [2.05, 4.69) is 0 Å². The zero-order chi connectivity index (χ0) is 7.84. The van der Waals surface area contributed by atoms with Crippen LogP contribution in [0.4, 0.5) is 4.79 Å². The van der Waals surface area contributed by atoms with Crippen LogP contribution in [0.1, 0.15) is 26.2 Å². The van der Waals surface area contributed by atoms with Crippen molar-refractivity contribution < 1.29 is 14.3 Å². The van der Waals surface area contributed by atoms with Crippen molar-refractivity contribution >= 4 is 6.16 Å². The summed E-state index contributed by atoms with van der Waals surface area (Å²) in [6, 6.07) is 0. The highest BCUT2D eigenvalue weighted by molar-refractivity contribution is 5.65. The standard InChI is InChI=1S/C8H10O3/c1-5-3-2-4-6-7(5)11-8(9)10-6/h6H,2-4H2,1H3. The minimum atomic E-state index is -0.536. The molecule has 1 aliphatic carbocycles. The Kier molecular flexibility index (Phi) is 1.37. The molecular formula is C8H10O3. The van der Waals surface area contributed by atoms with Gasteiger partial charge in [-0.2, -0.15) is 0 Å². The maximum atomic E-state index is 10.7. The summed E-state index contributed by atoms with van der Waals surface area (Å²) in [5.74, 6) is 0.765. The summed E-state index contributed by atoms with van der Waals surface area (Å²) in [5, 5.41) is 0. The third kappa shape index (κ3) is 1.00. The average molecular weight is 154 g/mol. The Hall–Kier alpha value is -0.990. The smallest absolute Gasteiger partial charge is 0.422 e.